The number of aryl methyl sites for hydroxylation is 1. The van der Waals surface area contributed by atoms with Crippen molar-refractivity contribution < 1.29 is 4.39 Å². The van der Waals surface area contributed by atoms with Gasteiger partial charge in [0.2, 0.25) is 0 Å². The van der Waals surface area contributed by atoms with Gasteiger partial charge in [0, 0.05) is 6.20 Å². The number of nitrogens with one attached hydrogen (secondary N) is 1. The lowest BCUT2D eigenvalue weighted by Crippen LogP contribution is -2.30. The second kappa shape index (κ2) is 3.53. The van der Waals surface area contributed by atoms with Crippen LogP contribution in [-0.4, -0.2) is 16.2 Å². The first-order valence-electron chi connectivity index (χ1n) is 3.20. The smallest absolute Gasteiger partial charge is 0.296 e. The summed E-state index contributed by atoms with van der Waals surface area (Å²) in [6, 6.07) is 0. The molecule has 1 rings (SSSR count). The minimum atomic E-state index is -0.678. The van der Waals surface area contributed by atoms with Crippen LogP contribution in [-0.2, 0) is 6.54 Å². The highest BCUT2D eigenvalue weighted by Gasteiger charge is 2.00. The van der Waals surface area contributed by atoms with Gasteiger partial charge in [0.05, 0.1) is 6.54 Å². The molecule has 0 bridgehead atoms. The van der Waals surface area contributed by atoms with Crippen LogP contribution in [0.5, 0.6) is 0 Å². The van der Waals surface area contributed by atoms with Gasteiger partial charge < -0.3 is 0 Å². The van der Waals surface area contributed by atoms with Gasteiger partial charge >= 0.3 is 5.69 Å². The van der Waals surface area contributed by atoms with E-state index in [1.54, 1.807) is 0 Å². The quantitative estimate of drug-likeness (QED) is 0.726. The molecule has 0 aliphatic carbocycles. The summed E-state index contributed by atoms with van der Waals surface area (Å²) < 4.78 is 12.8. The second-order valence-electron chi connectivity index (χ2n) is 2.12. The largest absolute Gasteiger partial charge is 0.328 e. The average molecular weight is 193 g/mol. The van der Waals surface area contributed by atoms with Gasteiger partial charge in [0.1, 0.15) is 11.7 Å². The molecule has 0 saturated carbocycles. The van der Waals surface area contributed by atoms with Gasteiger partial charge in [-0.1, -0.05) is 11.6 Å². The van der Waals surface area contributed by atoms with E-state index >= 15 is 0 Å². The third-order valence-corrected chi connectivity index (χ3v) is 1.56. The molecule has 1 aromatic rings. The van der Waals surface area contributed by atoms with E-state index in [1.807, 2.05) is 4.98 Å². The van der Waals surface area contributed by atoms with Crippen LogP contribution in [0.1, 0.15) is 0 Å². The van der Waals surface area contributed by atoms with Crippen LogP contribution in [0.3, 0.4) is 0 Å². The molecule has 1 heterocycles. The molecular weight excluding hydrogens is 187 g/mol. The Morgan fingerprint density at radius 3 is 2.83 bits per heavy atom. The molecular formula is C6H6ClFN2O2. The van der Waals surface area contributed by atoms with Gasteiger partial charge in [-0.2, -0.15) is 0 Å². The number of hydrogen-bond acceptors (Lipinski definition) is 2. The van der Waals surface area contributed by atoms with Gasteiger partial charge in [-0.25, -0.2) is 9.18 Å². The van der Waals surface area contributed by atoms with E-state index in [-0.39, 0.29) is 11.6 Å². The van der Waals surface area contributed by atoms with Crippen LogP contribution in [0.4, 0.5) is 4.39 Å². The summed E-state index contributed by atoms with van der Waals surface area (Å²) in [7, 11) is 0. The summed E-state index contributed by atoms with van der Waals surface area (Å²) in [5, 5.41) is -0.122. The number of H-pyrrole nitrogens is 1. The standard InChI is InChI=1S/C6H6ClFN2O2/c7-4-3-10(2-1-8)6(12)9-5(4)11/h3H,1-2H2,(H,9,11,12). The van der Waals surface area contributed by atoms with Gasteiger partial charge in [0.15, 0.2) is 0 Å². The monoisotopic (exact) mass is 192 g/mol. The molecule has 0 spiro atoms. The minimum absolute atomic E-state index is 0.102. The molecule has 0 aromatic carbocycles. The topological polar surface area (TPSA) is 54.9 Å². The van der Waals surface area contributed by atoms with E-state index in [2.05, 4.69) is 0 Å². The van der Waals surface area contributed by atoms with Crippen molar-refractivity contribution in [2.24, 2.45) is 0 Å². The predicted octanol–water partition coefficient (Wildman–Crippen LogP) is 0.159. The summed E-state index contributed by atoms with van der Waals surface area (Å²) in [4.78, 5) is 23.5. The third-order valence-electron chi connectivity index (χ3n) is 1.29. The third kappa shape index (κ3) is 1.73. The van der Waals surface area contributed by atoms with Crippen LogP contribution < -0.4 is 11.2 Å². The molecule has 0 amide bonds. The molecule has 0 aliphatic heterocycles. The number of nitrogens with zero attached hydrogens (tertiary/aromatic N) is 1. The first-order valence-corrected chi connectivity index (χ1v) is 3.58. The first kappa shape index (κ1) is 8.99. The molecule has 4 nitrogen and oxygen atoms in total. The van der Waals surface area contributed by atoms with E-state index in [1.165, 1.54) is 0 Å². The van der Waals surface area contributed by atoms with Crippen LogP contribution in [0.25, 0.3) is 0 Å². The van der Waals surface area contributed by atoms with Crippen LogP contribution in [0.2, 0.25) is 5.02 Å². The summed E-state index contributed by atoms with van der Waals surface area (Å²) in [5.41, 5.74) is -1.31. The zero-order valence-corrected chi connectivity index (χ0v) is 6.77. The fourth-order valence-electron chi connectivity index (χ4n) is 0.740. The maximum absolute atomic E-state index is 11.8. The van der Waals surface area contributed by atoms with Crippen LogP contribution >= 0.6 is 11.6 Å². The molecule has 1 aromatic heterocycles. The lowest BCUT2D eigenvalue weighted by molar-refractivity contribution is 0.436. The van der Waals surface area contributed by atoms with Gasteiger partial charge in [-0.05, 0) is 0 Å². The summed E-state index contributed by atoms with van der Waals surface area (Å²) in [6.45, 7) is -0.780. The zero-order valence-electron chi connectivity index (χ0n) is 6.01. The maximum atomic E-state index is 11.8. The van der Waals surface area contributed by atoms with Crippen molar-refractivity contribution in [1.82, 2.24) is 9.55 Å². The first-order chi connectivity index (χ1) is 5.65. The van der Waals surface area contributed by atoms with E-state index in [0.29, 0.717) is 0 Å². The maximum Gasteiger partial charge on any atom is 0.328 e. The molecule has 0 fully saturated rings. The number of halogens is 2. The van der Waals surface area contributed by atoms with Crippen molar-refractivity contribution >= 4 is 11.6 Å². The average Bonchev–Trinajstić information content (AvgIpc) is 2.01. The van der Waals surface area contributed by atoms with Crippen molar-refractivity contribution in [3.8, 4) is 0 Å². The number of alkyl halides is 1. The Morgan fingerprint density at radius 1 is 1.58 bits per heavy atom. The molecule has 0 saturated heterocycles. The van der Waals surface area contributed by atoms with Crippen molar-refractivity contribution in [1.29, 1.82) is 0 Å². The van der Waals surface area contributed by atoms with E-state index in [9.17, 15) is 14.0 Å². The second-order valence-corrected chi connectivity index (χ2v) is 2.53. The Hall–Kier alpha value is -1.10. The van der Waals surface area contributed by atoms with Crippen molar-refractivity contribution in [3.63, 3.8) is 0 Å². The van der Waals surface area contributed by atoms with Crippen LogP contribution in [0, 0.1) is 0 Å². The molecule has 12 heavy (non-hydrogen) atoms. The molecule has 0 unspecified atom stereocenters. The predicted molar refractivity (Wildman–Crippen MR) is 42.3 cm³/mol. The number of hydrogen-bond donors (Lipinski definition) is 1. The Kier molecular flexibility index (Phi) is 2.65. The Bertz CT molecular complexity index is 384. The van der Waals surface area contributed by atoms with Crippen molar-refractivity contribution in [2.75, 3.05) is 6.67 Å². The minimum Gasteiger partial charge on any atom is -0.296 e. The SMILES string of the molecule is O=c1[nH]c(=O)n(CCF)cc1Cl. The molecule has 0 aliphatic rings. The highest BCUT2D eigenvalue weighted by molar-refractivity contribution is 6.30. The lowest BCUT2D eigenvalue weighted by Gasteiger charge is -1.99. The molecule has 66 valence electrons. The lowest BCUT2D eigenvalue weighted by atomic mass is 10.6. The highest BCUT2D eigenvalue weighted by Crippen LogP contribution is 1.95. The number of rotatable bonds is 2. The Morgan fingerprint density at radius 2 is 2.25 bits per heavy atom. The van der Waals surface area contributed by atoms with Gasteiger partial charge in [-0.15, -0.1) is 0 Å². The summed E-state index contributed by atoms with van der Waals surface area (Å²) in [5.74, 6) is 0. The molecule has 0 radical (unpaired) electrons. The van der Waals surface area contributed by atoms with Crippen molar-refractivity contribution in [2.45, 2.75) is 6.54 Å². The van der Waals surface area contributed by atoms with E-state index in [4.69, 9.17) is 11.6 Å². The number of aromatic nitrogens is 2. The van der Waals surface area contributed by atoms with Crippen molar-refractivity contribution in [3.05, 3.63) is 32.1 Å². The fourth-order valence-corrected chi connectivity index (χ4v) is 0.905. The fraction of sp³-hybridized carbons (Fsp3) is 0.333. The van der Waals surface area contributed by atoms with E-state index in [0.717, 1.165) is 10.8 Å². The van der Waals surface area contributed by atoms with Gasteiger partial charge in [0.25, 0.3) is 5.56 Å². The molecule has 0 atom stereocenters. The number of aromatic amines is 1. The highest BCUT2D eigenvalue weighted by atomic mass is 35.5. The van der Waals surface area contributed by atoms with Gasteiger partial charge in [-0.3, -0.25) is 14.3 Å². The van der Waals surface area contributed by atoms with E-state index < -0.39 is 17.9 Å². The summed E-state index contributed by atoms with van der Waals surface area (Å²) in [6.07, 6.45) is 1.11. The molecule has 6 heteroatoms. The summed E-state index contributed by atoms with van der Waals surface area (Å²) >= 11 is 5.40. The normalized spacial score (nSPS) is 10.2. The Balaban J connectivity index is 3.24. The van der Waals surface area contributed by atoms with Crippen LogP contribution in [0.15, 0.2) is 15.8 Å². The molecule has 1 N–H and O–H groups in total. The Labute approximate surface area is 71.6 Å². The zero-order chi connectivity index (χ0) is 9.14.